The molecule has 0 radical (unpaired) electrons. The van der Waals surface area contributed by atoms with Crippen molar-refractivity contribution >= 4 is 0 Å². The van der Waals surface area contributed by atoms with Crippen molar-refractivity contribution in [2.75, 3.05) is 0 Å². The molecule has 2 rings (SSSR count). The average Bonchev–Trinajstić information content (AvgIpc) is 2.38. The van der Waals surface area contributed by atoms with Gasteiger partial charge in [0.15, 0.2) is 0 Å². The van der Waals surface area contributed by atoms with Crippen LogP contribution in [0.2, 0.25) is 0 Å². The number of rotatable bonds is 4. The lowest BCUT2D eigenvalue weighted by atomic mass is 10.1. The summed E-state index contributed by atoms with van der Waals surface area (Å²) >= 11 is 0. The van der Waals surface area contributed by atoms with Gasteiger partial charge in [0.25, 0.3) is 0 Å². The van der Waals surface area contributed by atoms with Crippen LogP contribution in [0.1, 0.15) is 11.1 Å². The minimum absolute atomic E-state index is 0.0708. The molecule has 2 aromatic rings. The molecule has 82 valence electrons. The van der Waals surface area contributed by atoms with Gasteiger partial charge in [0.2, 0.25) is 5.88 Å². The Morgan fingerprint density at radius 2 is 1.75 bits per heavy atom. The van der Waals surface area contributed by atoms with E-state index in [4.69, 9.17) is 9.84 Å². The standard InChI is InChI=1S/C13H13NO2/c15-9-11-4-6-12(7-5-11)10-16-13-3-1-2-8-14-13/h1-8,15H,9-10H2. The van der Waals surface area contributed by atoms with Gasteiger partial charge in [-0.2, -0.15) is 0 Å². The van der Waals surface area contributed by atoms with Crippen LogP contribution in [-0.2, 0) is 13.2 Å². The molecular weight excluding hydrogens is 202 g/mol. The van der Waals surface area contributed by atoms with Crippen molar-refractivity contribution in [1.82, 2.24) is 4.98 Å². The Morgan fingerprint density at radius 1 is 1.00 bits per heavy atom. The van der Waals surface area contributed by atoms with E-state index in [-0.39, 0.29) is 6.61 Å². The third kappa shape index (κ3) is 2.81. The maximum atomic E-state index is 8.90. The van der Waals surface area contributed by atoms with Gasteiger partial charge in [0.1, 0.15) is 6.61 Å². The molecule has 1 aromatic heterocycles. The van der Waals surface area contributed by atoms with E-state index >= 15 is 0 Å². The number of aliphatic hydroxyl groups is 1. The van der Waals surface area contributed by atoms with Crippen LogP contribution >= 0.6 is 0 Å². The van der Waals surface area contributed by atoms with Crippen LogP contribution in [0.3, 0.4) is 0 Å². The molecule has 0 fully saturated rings. The summed E-state index contributed by atoms with van der Waals surface area (Å²) in [5.74, 6) is 0.619. The van der Waals surface area contributed by atoms with Crippen molar-refractivity contribution in [2.45, 2.75) is 13.2 Å². The Hall–Kier alpha value is -1.87. The second-order valence-corrected chi connectivity index (χ2v) is 3.43. The third-order valence-electron chi connectivity index (χ3n) is 2.23. The van der Waals surface area contributed by atoms with Gasteiger partial charge in [-0.25, -0.2) is 4.98 Å². The van der Waals surface area contributed by atoms with E-state index in [9.17, 15) is 0 Å². The first-order valence-electron chi connectivity index (χ1n) is 5.11. The third-order valence-corrected chi connectivity index (χ3v) is 2.23. The normalized spacial score (nSPS) is 10.1. The summed E-state index contributed by atoms with van der Waals surface area (Å²) in [7, 11) is 0. The zero-order valence-electron chi connectivity index (χ0n) is 8.84. The summed E-state index contributed by atoms with van der Waals surface area (Å²) in [6.07, 6.45) is 1.70. The van der Waals surface area contributed by atoms with Crippen LogP contribution in [0.25, 0.3) is 0 Å². The van der Waals surface area contributed by atoms with Crippen LogP contribution < -0.4 is 4.74 Å². The smallest absolute Gasteiger partial charge is 0.213 e. The molecular formula is C13H13NO2. The fourth-order valence-corrected chi connectivity index (χ4v) is 1.33. The summed E-state index contributed by atoms with van der Waals surface area (Å²) in [5, 5.41) is 8.90. The van der Waals surface area contributed by atoms with Gasteiger partial charge in [-0.15, -0.1) is 0 Å². The number of pyridine rings is 1. The van der Waals surface area contributed by atoms with Crippen molar-refractivity contribution < 1.29 is 9.84 Å². The highest BCUT2D eigenvalue weighted by Gasteiger charge is 1.96. The lowest BCUT2D eigenvalue weighted by molar-refractivity contribution is 0.281. The highest BCUT2D eigenvalue weighted by Crippen LogP contribution is 2.09. The van der Waals surface area contributed by atoms with Gasteiger partial charge in [-0.3, -0.25) is 0 Å². The Bertz CT molecular complexity index is 425. The first-order chi connectivity index (χ1) is 7.88. The van der Waals surface area contributed by atoms with E-state index in [1.807, 2.05) is 42.5 Å². The fourth-order valence-electron chi connectivity index (χ4n) is 1.33. The second-order valence-electron chi connectivity index (χ2n) is 3.43. The molecule has 3 heteroatoms. The van der Waals surface area contributed by atoms with Gasteiger partial charge >= 0.3 is 0 Å². The van der Waals surface area contributed by atoms with Crippen LogP contribution in [0.15, 0.2) is 48.7 Å². The minimum Gasteiger partial charge on any atom is -0.473 e. The fraction of sp³-hybridized carbons (Fsp3) is 0.154. The van der Waals surface area contributed by atoms with Gasteiger partial charge in [-0.1, -0.05) is 30.3 Å². The van der Waals surface area contributed by atoms with Crippen molar-refractivity contribution in [3.63, 3.8) is 0 Å². The van der Waals surface area contributed by atoms with E-state index in [0.29, 0.717) is 12.5 Å². The van der Waals surface area contributed by atoms with Crippen LogP contribution in [0, 0.1) is 0 Å². The Kier molecular flexibility index (Phi) is 3.51. The Morgan fingerprint density at radius 3 is 2.38 bits per heavy atom. The van der Waals surface area contributed by atoms with Crippen molar-refractivity contribution in [3.8, 4) is 5.88 Å². The molecule has 1 heterocycles. The molecule has 0 aliphatic heterocycles. The molecule has 1 N–H and O–H groups in total. The number of aromatic nitrogens is 1. The monoisotopic (exact) mass is 215 g/mol. The molecule has 0 aliphatic carbocycles. The molecule has 0 aliphatic rings. The number of aliphatic hydroxyl groups excluding tert-OH is 1. The first-order valence-corrected chi connectivity index (χ1v) is 5.11. The van der Waals surface area contributed by atoms with Gasteiger partial charge in [0, 0.05) is 12.3 Å². The average molecular weight is 215 g/mol. The van der Waals surface area contributed by atoms with E-state index in [1.165, 1.54) is 0 Å². The number of hydrogen-bond acceptors (Lipinski definition) is 3. The molecule has 16 heavy (non-hydrogen) atoms. The summed E-state index contributed by atoms with van der Waals surface area (Å²) in [6, 6.07) is 13.2. The quantitative estimate of drug-likeness (QED) is 0.849. The molecule has 3 nitrogen and oxygen atoms in total. The SMILES string of the molecule is OCc1ccc(COc2ccccn2)cc1. The first kappa shape index (κ1) is 10.6. The second kappa shape index (κ2) is 5.28. The highest BCUT2D eigenvalue weighted by atomic mass is 16.5. The lowest BCUT2D eigenvalue weighted by Crippen LogP contribution is -1.97. The van der Waals surface area contributed by atoms with Gasteiger partial charge in [-0.05, 0) is 17.2 Å². The lowest BCUT2D eigenvalue weighted by Gasteiger charge is -2.05. The van der Waals surface area contributed by atoms with E-state index < -0.39 is 0 Å². The van der Waals surface area contributed by atoms with E-state index in [0.717, 1.165) is 11.1 Å². The predicted molar refractivity (Wildman–Crippen MR) is 60.9 cm³/mol. The van der Waals surface area contributed by atoms with Crippen LogP contribution in [-0.4, -0.2) is 10.1 Å². The molecule has 0 saturated heterocycles. The largest absolute Gasteiger partial charge is 0.473 e. The van der Waals surface area contributed by atoms with Gasteiger partial charge < -0.3 is 9.84 Å². The topological polar surface area (TPSA) is 42.4 Å². The molecule has 1 aromatic carbocycles. The predicted octanol–water partition coefficient (Wildman–Crippen LogP) is 2.15. The van der Waals surface area contributed by atoms with Crippen LogP contribution in [0.5, 0.6) is 5.88 Å². The number of nitrogens with zero attached hydrogens (tertiary/aromatic N) is 1. The van der Waals surface area contributed by atoms with Crippen molar-refractivity contribution in [3.05, 3.63) is 59.8 Å². The summed E-state index contributed by atoms with van der Waals surface area (Å²) in [4.78, 5) is 4.07. The maximum Gasteiger partial charge on any atom is 0.213 e. The summed E-state index contributed by atoms with van der Waals surface area (Å²) in [6.45, 7) is 0.560. The van der Waals surface area contributed by atoms with Crippen molar-refractivity contribution in [2.24, 2.45) is 0 Å². The zero-order chi connectivity index (χ0) is 11.2. The molecule has 0 saturated carbocycles. The number of benzene rings is 1. The molecule has 0 bridgehead atoms. The van der Waals surface area contributed by atoms with E-state index in [2.05, 4.69) is 4.98 Å². The summed E-state index contributed by atoms with van der Waals surface area (Å²) in [5.41, 5.74) is 1.96. The highest BCUT2D eigenvalue weighted by molar-refractivity contribution is 5.22. The Labute approximate surface area is 94.3 Å². The Balaban J connectivity index is 1.94. The molecule has 0 unspecified atom stereocenters. The number of ether oxygens (including phenoxy) is 1. The maximum absolute atomic E-state index is 8.90. The molecule has 0 atom stereocenters. The number of hydrogen-bond donors (Lipinski definition) is 1. The van der Waals surface area contributed by atoms with Crippen molar-refractivity contribution in [1.29, 1.82) is 0 Å². The zero-order valence-corrected chi connectivity index (χ0v) is 8.84. The molecule has 0 spiro atoms. The summed E-state index contributed by atoms with van der Waals surface area (Å²) < 4.78 is 5.49. The van der Waals surface area contributed by atoms with E-state index in [1.54, 1.807) is 6.20 Å². The molecule has 0 amide bonds. The minimum atomic E-state index is 0.0708. The van der Waals surface area contributed by atoms with Gasteiger partial charge in [0.05, 0.1) is 6.61 Å². The van der Waals surface area contributed by atoms with Crippen LogP contribution in [0.4, 0.5) is 0 Å².